The van der Waals surface area contributed by atoms with Gasteiger partial charge < -0.3 is 14.0 Å². The molecule has 0 N–H and O–H groups in total. The Morgan fingerprint density at radius 3 is 2.72 bits per heavy atom. The molecule has 0 spiro atoms. The van der Waals surface area contributed by atoms with Gasteiger partial charge in [-0.2, -0.15) is 0 Å². The number of nitrogens with zero attached hydrogens (tertiary/aromatic N) is 4. The van der Waals surface area contributed by atoms with Gasteiger partial charge in [-0.25, -0.2) is 0 Å². The average Bonchev–Trinajstić information content (AvgIpc) is 2.78. The van der Waals surface area contributed by atoms with Crippen molar-refractivity contribution in [2.24, 2.45) is 7.05 Å². The molecule has 2 heterocycles. The van der Waals surface area contributed by atoms with Gasteiger partial charge in [-0.15, -0.1) is 10.2 Å². The van der Waals surface area contributed by atoms with Crippen LogP contribution >= 0.6 is 0 Å². The van der Waals surface area contributed by atoms with Crippen LogP contribution in [0, 0.1) is 0 Å². The summed E-state index contributed by atoms with van der Waals surface area (Å²) in [6.07, 6.45) is 4.30. The molecule has 6 nitrogen and oxygen atoms in total. The van der Waals surface area contributed by atoms with Crippen LogP contribution in [0.25, 0.3) is 0 Å². The molecule has 102 valence electrons. The second kappa shape index (κ2) is 6.82. The van der Waals surface area contributed by atoms with Crippen molar-refractivity contribution in [3.8, 4) is 0 Å². The van der Waals surface area contributed by atoms with E-state index in [0.29, 0.717) is 19.3 Å². The predicted molar refractivity (Wildman–Crippen MR) is 67.1 cm³/mol. The molecule has 1 aromatic rings. The number of likely N-dealkylation sites (tertiary alicyclic amines) is 1. The summed E-state index contributed by atoms with van der Waals surface area (Å²) >= 11 is 0. The van der Waals surface area contributed by atoms with Crippen LogP contribution < -0.4 is 0 Å². The standard InChI is InChI=1S/C12H22N4O2/c1-15-10-13-14-12(15)9-16-5-3-11(4-6-16)18-8-7-17-2/h10-11H,3-9H2,1-2H3. The van der Waals surface area contributed by atoms with E-state index in [9.17, 15) is 0 Å². The second-order valence-corrected chi connectivity index (χ2v) is 4.70. The van der Waals surface area contributed by atoms with Crippen molar-refractivity contribution >= 4 is 0 Å². The maximum atomic E-state index is 5.75. The number of aryl methyl sites for hydroxylation is 1. The molecule has 0 unspecified atom stereocenters. The first kappa shape index (κ1) is 13.5. The van der Waals surface area contributed by atoms with Crippen LogP contribution in [0.3, 0.4) is 0 Å². The average molecular weight is 254 g/mol. The van der Waals surface area contributed by atoms with Gasteiger partial charge in [-0.1, -0.05) is 0 Å². The zero-order chi connectivity index (χ0) is 12.8. The fourth-order valence-electron chi connectivity index (χ4n) is 2.18. The van der Waals surface area contributed by atoms with Crippen LogP contribution in [-0.2, 0) is 23.1 Å². The Balaban J connectivity index is 1.69. The van der Waals surface area contributed by atoms with Gasteiger partial charge in [0.15, 0.2) is 0 Å². The summed E-state index contributed by atoms with van der Waals surface area (Å²) < 4.78 is 12.7. The zero-order valence-electron chi connectivity index (χ0n) is 11.2. The molecule has 0 atom stereocenters. The molecule has 0 saturated carbocycles. The molecule has 0 amide bonds. The van der Waals surface area contributed by atoms with E-state index in [-0.39, 0.29) is 0 Å². The first-order valence-corrected chi connectivity index (χ1v) is 6.45. The number of piperidine rings is 1. The topological polar surface area (TPSA) is 52.4 Å². The molecule has 1 aliphatic rings. The van der Waals surface area contributed by atoms with E-state index in [2.05, 4.69) is 15.1 Å². The van der Waals surface area contributed by atoms with Gasteiger partial charge in [-0.05, 0) is 12.8 Å². The Labute approximate surface area is 108 Å². The second-order valence-electron chi connectivity index (χ2n) is 4.70. The molecule has 1 aliphatic heterocycles. The minimum atomic E-state index is 0.385. The van der Waals surface area contributed by atoms with E-state index in [1.807, 2.05) is 11.6 Å². The van der Waals surface area contributed by atoms with E-state index < -0.39 is 0 Å². The molecule has 0 aliphatic carbocycles. The van der Waals surface area contributed by atoms with E-state index in [1.54, 1.807) is 13.4 Å². The predicted octanol–water partition coefficient (Wildman–Crippen LogP) is 0.442. The number of rotatable bonds is 6. The van der Waals surface area contributed by atoms with Gasteiger partial charge in [0, 0.05) is 27.2 Å². The molecule has 1 saturated heterocycles. The molecule has 0 aromatic carbocycles. The lowest BCUT2D eigenvalue weighted by Crippen LogP contribution is -2.37. The summed E-state index contributed by atoms with van der Waals surface area (Å²) in [5.74, 6) is 1.02. The molecule has 6 heteroatoms. The van der Waals surface area contributed by atoms with Crippen molar-refractivity contribution in [3.05, 3.63) is 12.2 Å². The van der Waals surface area contributed by atoms with Crippen LogP contribution in [0.1, 0.15) is 18.7 Å². The molecular formula is C12H22N4O2. The lowest BCUT2D eigenvalue weighted by molar-refractivity contribution is -0.0162. The third-order valence-corrected chi connectivity index (χ3v) is 3.35. The SMILES string of the molecule is COCCOC1CCN(Cc2nncn2C)CC1. The van der Waals surface area contributed by atoms with Crippen LogP contribution in [0.5, 0.6) is 0 Å². The Kier molecular flexibility index (Phi) is 5.10. The molecule has 0 radical (unpaired) electrons. The van der Waals surface area contributed by atoms with Gasteiger partial charge >= 0.3 is 0 Å². The van der Waals surface area contributed by atoms with E-state index >= 15 is 0 Å². The highest BCUT2D eigenvalue weighted by Crippen LogP contribution is 2.15. The van der Waals surface area contributed by atoms with Crippen molar-refractivity contribution in [3.63, 3.8) is 0 Å². The van der Waals surface area contributed by atoms with Crippen molar-refractivity contribution in [2.75, 3.05) is 33.4 Å². The molecule has 18 heavy (non-hydrogen) atoms. The van der Waals surface area contributed by atoms with Gasteiger partial charge in [0.1, 0.15) is 12.2 Å². The van der Waals surface area contributed by atoms with Gasteiger partial charge in [-0.3, -0.25) is 4.90 Å². The fourth-order valence-corrected chi connectivity index (χ4v) is 2.18. The normalized spacial score (nSPS) is 18.3. The van der Waals surface area contributed by atoms with E-state index in [4.69, 9.17) is 9.47 Å². The first-order chi connectivity index (χ1) is 8.79. The summed E-state index contributed by atoms with van der Waals surface area (Å²) in [7, 11) is 3.68. The van der Waals surface area contributed by atoms with Crippen molar-refractivity contribution in [1.82, 2.24) is 19.7 Å². The Hall–Kier alpha value is -0.980. The van der Waals surface area contributed by atoms with Gasteiger partial charge in [0.2, 0.25) is 0 Å². The summed E-state index contributed by atoms with van der Waals surface area (Å²) in [5, 5.41) is 8.01. The minimum Gasteiger partial charge on any atom is -0.382 e. The maximum absolute atomic E-state index is 5.75. The number of ether oxygens (including phenoxy) is 2. The zero-order valence-corrected chi connectivity index (χ0v) is 11.2. The highest BCUT2D eigenvalue weighted by atomic mass is 16.5. The number of hydrogen-bond acceptors (Lipinski definition) is 5. The van der Waals surface area contributed by atoms with Crippen LogP contribution in [-0.4, -0.2) is 59.2 Å². The van der Waals surface area contributed by atoms with E-state index in [0.717, 1.165) is 38.3 Å². The molecule has 2 rings (SSSR count). The largest absolute Gasteiger partial charge is 0.382 e. The Morgan fingerprint density at radius 1 is 1.33 bits per heavy atom. The summed E-state index contributed by atoms with van der Waals surface area (Å²) in [4.78, 5) is 2.40. The molecule has 0 bridgehead atoms. The maximum Gasteiger partial charge on any atom is 0.146 e. The summed E-state index contributed by atoms with van der Waals surface area (Å²) in [6.45, 7) is 4.37. The van der Waals surface area contributed by atoms with Crippen molar-refractivity contribution < 1.29 is 9.47 Å². The Bertz CT molecular complexity index is 348. The quantitative estimate of drug-likeness (QED) is 0.690. The Morgan fingerprint density at radius 2 is 2.11 bits per heavy atom. The summed E-state index contributed by atoms with van der Waals surface area (Å²) in [6, 6.07) is 0. The fraction of sp³-hybridized carbons (Fsp3) is 0.833. The third-order valence-electron chi connectivity index (χ3n) is 3.35. The third kappa shape index (κ3) is 3.76. The van der Waals surface area contributed by atoms with Crippen molar-refractivity contribution in [1.29, 1.82) is 0 Å². The van der Waals surface area contributed by atoms with Gasteiger partial charge in [0.05, 0.1) is 25.9 Å². The number of aromatic nitrogens is 3. The highest BCUT2D eigenvalue weighted by Gasteiger charge is 2.20. The van der Waals surface area contributed by atoms with Crippen LogP contribution in [0.2, 0.25) is 0 Å². The highest BCUT2D eigenvalue weighted by molar-refractivity contribution is 4.85. The van der Waals surface area contributed by atoms with Crippen LogP contribution in [0.15, 0.2) is 6.33 Å². The molecule has 1 aromatic heterocycles. The lowest BCUT2D eigenvalue weighted by Gasteiger charge is -2.31. The van der Waals surface area contributed by atoms with Gasteiger partial charge in [0.25, 0.3) is 0 Å². The minimum absolute atomic E-state index is 0.385. The molecule has 1 fully saturated rings. The number of methoxy groups -OCH3 is 1. The summed E-state index contributed by atoms with van der Waals surface area (Å²) in [5.41, 5.74) is 0. The van der Waals surface area contributed by atoms with Crippen LogP contribution in [0.4, 0.5) is 0 Å². The monoisotopic (exact) mass is 254 g/mol. The lowest BCUT2D eigenvalue weighted by atomic mass is 10.1. The smallest absolute Gasteiger partial charge is 0.146 e. The van der Waals surface area contributed by atoms with Crippen molar-refractivity contribution in [2.45, 2.75) is 25.5 Å². The van der Waals surface area contributed by atoms with E-state index in [1.165, 1.54) is 0 Å². The number of hydrogen-bond donors (Lipinski definition) is 0. The first-order valence-electron chi connectivity index (χ1n) is 6.45. The molecular weight excluding hydrogens is 232 g/mol.